The van der Waals surface area contributed by atoms with Crippen LogP contribution in [0.1, 0.15) is 66.7 Å². The first-order valence-corrected chi connectivity index (χ1v) is 6.11. The number of carbonyl (C=O) groups excluding carboxylic acids is 1. The van der Waals surface area contributed by atoms with Gasteiger partial charge in [0, 0.05) is 12.3 Å². The van der Waals surface area contributed by atoms with Crippen LogP contribution < -0.4 is 0 Å². The third-order valence-electron chi connectivity index (χ3n) is 2.91. The van der Waals surface area contributed by atoms with Crippen LogP contribution in [0, 0.1) is 5.41 Å². The molecule has 0 amide bonds. The summed E-state index contributed by atoms with van der Waals surface area (Å²) in [6.07, 6.45) is 5.63. The molecule has 1 unspecified atom stereocenters. The van der Waals surface area contributed by atoms with Crippen LogP contribution in [0.5, 0.6) is 0 Å². The molecule has 0 radical (unpaired) electrons. The number of hydrogen-bond acceptors (Lipinski definition) is 2. The second kappa shape index (κ2) is 6.86. The van der Waals surface area contributed by atoms with Gasteiger partial charge < -0.3 is 4.74 Å². The Morgan fingerprint density at radius 1 is 1.27 bits per heavy atom. The van der Waals surface area contributed by atoms with Crippen molar-refractivity contribution in [1.29, 1.82) is 0 Å². The van der Waals surface area contributed by atoms with Gasteiger partial charge in [0.25, 0.3) is 0 Å². The van der Waals surface area contributed by atoms with E-state index in [9.17, 15) is 4.79 Å². The number of hydrogen-bond donors (Lipinski definition) is 0. The van der Waals surface area contributed by atoms with Gasteiger partial charge in [-0.05, 0) is 12.8 Å². The summed E-state index contributed by atoms with van der Waals surface area (Å²) in [7, 11) is 0. The zero-order chi connectivity index (χ0) is 11.9. The standard InChI is InChI=1S/C13H26O2/c1-6-8-10-13(4,5)12(9-7-2)15-11(3)14/h12H,6-10H2,1-5H3. The average molecular weight is 214 g/mol. The molecule has 0 fully saturated rings. The van der Waals surface area contributed by atoms with E-state index in [0.29, 0.717) is 0 Å². The lowest BCUT2D eigenvalue weighted by Gasteiger charge is -2.33. The first kappa shape index (κ1) is 14.5. The van der Waals surface area contributed by atoms with Gasteiger partial charge in [0.15, 0.2) is 0 Å². The molecule has 0 saturated carbocycles. The van der Waals surface area contributed by atoms with Crippen molar-refractivity contribution in [1.82, 2.24) is 0 Å². The molecule has 0 heterocycles. The van der Waals surface area contributed by atoms with Crippen molar-refractivity contribution < 1.29 is 9.53 Å². The molecule has 15 heavy (non-hydrogen) atoms. The van der Waals surface area contributed by atoms with E-state index in [1.165, 1.54) is 19.8 Å². The lowest BCUT2D eigenvalue weighted by atomic mass is 9.79. The van der Waals surface area contributed by atoms with Gasteiger partial charge in [-0.2, -0.15) is 0 Å². The Labute approximate surface area is 94.4 Å². The highest BCUT2D eigenvalue weighted by Crippen LogP contribution is 2.32. The second-order valence-electron chi connectivity index (χ2n) is 4.98. The second-order valence-corrected chi connectivity index (χ2v) is 4.98. The lowest BCUT2D eigenvalue weighted by molar-refractivity contribution is -0.153. The number of rotatable bonds is 7. The van der Waals surface area contributed by atoms with Crippen molar-refractivity contribution >= 4 is 5.97 Å². The van der Waals surface area contributed by atoms with E-state index in [-0.39, 0.29) is 17.5 Å². The molecule has 90 valence electrons. The van der Waals surface area contributed by atoms with Crippen molar-refractivity contribution in [2.45, 2.75) is 72.8 Å². The Hall–Kier alpha value is -0.530. The molecule has 0 rings (SSSR count). The minimum absolute atomic E-state index is 0.0755. The van der Waals surface area contributed by atoms with Crippen molar-refractivity contribution in [3.8, 4) is 0 Å². The van der Waals surface area contributed by atoms with E-state index in [1.807, 2.05) is 0 Å². The normalized spacial score (nSPS) is 13.7. The van der Waals surface area contributed by atoms with Gasteiger partial charge in [-0.1, -0.05) is 47.0 Å². The maximum absolute atomic E-state index is 11.0. The molecule has 0 aromatic heterocycles. The molecule has 0 aliphatic carbocycles. The zero-order valence-corrected chi connectivity index (χ0v) is 10.9. The van der Waals surface area contributed by atoms with Crippen LogP contribution in [0.3, 0.4) is 0 Å². The number of esters is 1. The van der Waals surface area contributed by atoms with E-state index < -0.39 is 0 Å². The Kier molecular flexibility index (Phi) is 6.62. The molecular formula is C13H26O2. The van der Waals surface area contributed by atoms with E-state index in [2.05, 4.69) is 27.7 Å². The van der Waals surface area contributed by atoms with Crippen LogP contribution in [0.15, 0.2) is 0 Å². The quantitative estimate of drug-likeness (QED) is 0.600. The van der Waals surface area contributed by atoms with E-state index in [4.69, 9.17) is 4.74 Å². The summed E-state index contributed by atoms with van der Waals surface area (Å²) in [6, 6.07) is 0. The van der Waals surface area contributed by atoms with Crippen molar-refractivity contribution in [2.75, 3.05) is 0 Å². The van der Waals surface area contributed by atoms with Gasteiger partial charge >= 0.3 is 5.97 Å². The predicted molar refractivity (Wildman–Crippen MR) is 63.8 cm³/mol. The first-order chi connectivity index (χ1) is 6.94. The summed E-state index contributed by atoms with van der Waals surface area (Å²) in [6.45, 7) is 10.2. The van der Waals surface area contributed by atoms with Crippen LogP contribution in [-0.2, 0) is 9.53 Å². The van der Waals surface area contributed by atoms with E-state index in [0.717, 1.165) is 19.3 Å². The van der Waals surface area contributed by atoms with Crippen molar-refractivity contribution in [3.63, 3.8) is 0 Å². The van der Waals surface area contributed by atoms with Gasteiger partial charge in [-0.15, -0.1) is 0 Å². The molecule has 0 aromatic rings. The summed E-state index contributed by atoms with van der Waals surface area (Å²) in [5.74, 6) is -0.155. The molecule has 0 bridgehead atoms. The summed E-state index contributed by atoms with van der Waals surface area (Å²) in [5.41, 5.74) is 0.109. The third kappa shape index (κ3) is 5.81. The molecule has 1 atom stereocenters. The van der Waals surface area contributed by atoms with E-state index >= 15 is 0 Å². The summed E-state index contributed by atoms with van der Waals surface area (Å²) in [4.78, 5) is 11.0. The number of carbonyl (C=O) groups is 1. The highest BCUT2D eigenvalue weighted by atomic mass is 16.5. The van der Waals surface area contributed by atoms with Crippen molar-refractivity contribution in [3.05, 3.63) is 0 Å². The van der Waals surface area contributed by atoms with Gasteiger partial charge in [0.05, 0.1) is 0 Å². The largest absolute Gasteiger partial charge is 0.462 e. The maximum atomic E-state index is 11.0. The molecule has 0 aromatic carbocycles. The number of unbranched alkanes of at least 4 members (excludes halogenated alkanes) is 1. The fourth-order valence-corrected chi connectivity index (χ4v) is 1.87. The fourth-order valence-electron chi connectivity index (χ4n) is 1.87. The van der Waals surface area contributed by atoms with Crippen LogP contribution in [-0.4, -0.2) is 12.1 Å². The fraction of sp³-hybridized carbons (Fsp3) is 0.923. The molecule has 0 aliphatic rings. The Morgan fingerprint density at radius 3 is 2.27 bits per heavy atom. The maximum Gasteiger partial charge on any atom is 0.302 e. The van der Waals surface area contributed by atoms with Gasteiger partial charge in [0.1, 0.15) is 6.10 Å². The lowest BCUT2D eigenvalue weighted by Crippen LogP contribution is -2.33. The van der Waals surface area contributed by atoms with Crippen LogP contribution >= 0.6 is 0 Å². The third-order valence-corrected chi connectivity index (χ3v) is 2.91. The highest BCUT2D eigenvalue weighted by Gasteiger charge is 2.30. The molecular weight excluding hydrogens is 188 g/mol. The summed E-state index contributed by atoms with van der Waals surface area (Å²) < 4.78 is 5.41. The number of ether oxygens (including phenoxy) is 1. The molecule has 0 saturated heterocycles. The average Bonchev–Trinajstić information content (AvgIpc) is 2.13. The zero-order valence-electron chi connectivity index (χ0n) is 10.9. The summed E-state index contributed by atoms with van der Waals surface area (Å²) in [5, 5.41) is 0. The van der Waals surface area contributed by atoms with Crippen LogP contribution in [0.25, 0.3) is 0 Å². The molecule has 0 aliphatic heterocycles. The predicted octanol–water partition coefficient (Wildman–Crippen LogP) is 3.93. The van der Waals surface area contributed by atoms with Gasteiger partial charge in [-0.3, -0.25) is 4.79 Å². The minimum Gasteiger partial charge on any atom is -0.462 e. The molecule has 2 heteroatoms. The Morgan fingerprint density at radius 2 is 1.87 bits per heavy atom. The molecule has 2 nitrogen and oxygen atoms in total. The van der Waals surface area contributed by atoms with Crippen LogP contribution in [0.2, 0.25) is 0 Å². The van der Waals surface area contributed by atoms with Crippen molar-refractivity contribution in [2.24, 2.45) is 5.41 Å². The molecule has 0 spiro atoms. The SMILES string of the molecule is CCCCC(C)(C)C(CCC)OC(C)=O. The highest BCUT2D eigenvalue weighted by molar-refractivity contribution is 5.66. The van der Waals surface area contributed by atoms with E-state index in [1.54, 1.807) is 0 Å². The minimum atomic E-state index is -0.155. The Bertz CT molecular complexity index is 185. The molecule has 0 N–H and O–H groups in total. The topological polar surface area (TPSA) is 26.3 Å². The van der Waals surface area contributed by atoms with Crippen LogP contribution in [0.4, 0.5) is 0 Å². The Balaban J connectivity index is 4.35. The van der Waals surface area contributed by atoms with Gasteiger partial charge in [0.2, 0.25) is 0 Å². The smallest absolute Gasteiger partial charge is 0.302 e. The summed E-state index contributed by atoms with van der Waals surface area (Å²) >= 11 is 0. The monoisotopic (exact) mass is 214 g/mol. The van der Waals surface area contributed by atoms with Gasteiger partial charge in [-0.25, -0.2) is 0 Å². The first-order valence-electron chi connectivity index (χ1n) is 6.11.